The van der Waals surface area contributed by atoms with Crippen LogP contribution in [0.5, 0.6) is 0 Å². The lowest BCUT2D eigenvalue weighted by Crippen LogP contribution is -2.18. The van der Waals surface area contributed by atoms with Gasteiger partial charge in [-0.15, -0.1) is 0 Å². The fourth-order valence-corrected chi connectivity index (χ4v) is 3.52. The minimum Gasteiger partial charge on any atom is -0.300 e. The van der Waals surface area contributed by atoms with Gasteiger partial charge in [-0.2, -0.15) is 0 Å². The Labute approximate surface area is 116 Å². The Kier molecular flexibility index (Phi) is 10.7. The molecule has 0 saturated carbocycles. The number of unbranched alkanes of at least 4 members (excludes halogenated alkanes) is 6. The van der Waals surface area contributed by atoms with Gasteiger partial charge in [0, 0.05) is 20.9 Å². The predicted octanol–water partition coefficient (Wildman–Crippen LogP) is 5.81. The maximum Gasteiger partial charge on any atom is 0.132 e. The minimum atomic E-state index is -0.885. The lowest BCUT2D eigenvalue weighted by atomic mass is 10.1. The van der Waals surface area contributed by atoms with Gasteiger partial charge in [0.1, 0.15) is 5.78 Å². The van der Waals surface area contributed by atoms with E-state index in [1.807, 2.05) is 0 Å². The molecule has 0 N–H and O–H groups in total. The van der Waals surface area contributed by atoms with Crippen LogP contribution in [0, 0.1) is 0 Å². The first-order valence-electron chi connectivity index (χ1n) is 7.97. The second-order valence-electron chi connectivity index (χ2n) is 6.82. The van der Waals surface area contributed by atoms with E-state index in [4.69, 9.17) is 0 Å². The van der Waals surface area contributed by atoms with Crippen LogP contribution >= 0.6 is 0 Å². The molecule has 0 fully saturated rings. The van der Waals surface area contributed by atoms with Crippen molar-refractivity contribution in [2.75, 3.05) is 0 Å². The van der Waals surface area contributed by atoms with Crippen LogP contribution < -0.4 is 0 Å². The Morgan fingerprint density at radius 1 is 0.778 bits per heavy atom. The molecule has 0 aromatic carbocycles. The maximum absolute atomic E-state index is 11.7. The third-order valence-electron chi connectivity index (χ3n) is 3.44. The molecule has 0 atom stereocenters. The summed E-state index contributed by atoms with van der Waals surface area (Å²) in [6.45, 7) is 9.46. The molecular weight excluding hydrogens is 236 g/mol. The van der Waals surface area contributed by atoms with Crippen LogP contribution in [0.2, 0.25) is 25.7 Å². The molecule has 0 aliphatic carbocycles. The standard InChI is InChI=1S/C16H34OSi/c1-5-6-7-8-9-10-13-16(17)14-11-12-15-18(2,3)4/h5-15H2,1-4H3. The molecule has 18 heavy (non-hydrogen) atoms. The minimum absolute atomic E-state index is 0.501. The smallest absolute Gasteiger partial charge is 0.132 e. The fourth-order valence-electron chi connectivity index (χ4n) is 2.20. The molecule has 0 spiro atoms. The second-order valence-corrected chi connectivity index (χ2v) is 12.4. The molecule has 0 aromatic rings. The monoisotopic (exact) mass is 270 g/mol. The average Bonchev–Trinajstić information content (AvgIpc) is 2.28. The van der Waals surface area contributed by atoms with E-state index in [2.05, 4.69) is 26.6 Å². The number of hydrogen-bond donors (Lipinski definition) is 0. The Balaban J connectivity index is 3.28. The molecule has 0 aliphatic rings. The number of carbonyl (C=O) groups is 1. The second kappa shape index (κ2) is 10.8. The Bertz CT molecular complexity index is 206. The van der Waals surface area contributed by atoms with Crippen molar-refractivity contribution in [3.8, 4) is 0 Å². The Hall–Kier alpha value is -0.113. The molecule has 0 unspecified atom stereocenters. The quantitative estimate of drug-likeness (QED) is 0.323. The first-order valence-corrected chi connectivity index (χ1v) is 11.7. The molecule has 0 aliphatic heterocycles. The van der Waals surface area contributed by atoms with E-state index < -0.39 is 8.07 Å². The summed E-state index contributed by atoms with van der Waals surface area (Å²) in [6, 6.07) is 1.37. The van der Waals surface area contributed by atoms with Crippen molar-refractivity contribution in [1.82, 2.24) is 0 Å². The average molecular weight is 271 g/mol. The van der Waals surface area contributed by atoms with Gasteiger partial charge in [-0.3, -0.25) is 4.79 Å². The highest BCUT2D eigenvalue weighted by Crippen LogP contribution is 2.15. The molecule has 0 radical (unpaired) electrons. The van der Waals surface area contributed by atoms with Crippen molar-refractivity contribution in [3.63, 3.8) is 0 Å². The Morgan fingerprint density at radius 2 is 1.28 bits per heavy atom. The molecule has 0 bridgehead atoms. The summed E-state index contributed by atoms with van der Waals surface area (Å²) in [6.07, 6.45) is 11.7. The van der Waals surface area contributed by atoms with Crippen LogP contribution in [-0.2, 0) is 4.79 Å². The van der Waals surface area contributed by atoms with Crippen molar-refractivity contribution < 1.29 is 4.79 Å². The van der Waals surface area contributed by atoms with E-state index in [0.717, 1.165) is 25.7 Å². The van der Waals surface area contributed by atoms with E-state index in [1.165, 1.54) is 44.6 Å². The summed E-state index contributed by atoms with van der Waals surface area (Å²) >= 11 is 0. The van der Waals surface area contributed by atoms with E-state index in [0.29, 0.717) is 5.78 Å². The zero-order valence-electron chi connectivity index (χ0n) is 13.2. The van der Waals surface area contributed by atoms with E-state index in [1.54, 1.807) is 0 Å². The number of ketones is 1. The van der Waals surface area contributed by atoms with Crippen LogP contribution in [0.25, 0.3) is 0 Å². The van der Waals surface area contributed by atoms with Crippen molar-refractivity contribution in [2.45, 2.75) is 96.8 Å². The van der Waals surface area contributed by atoms with Crippen LogP contribution in [0.1, 0.15) is 71.1 Å². The van der Waals surface area contributed by atoms with Gasteiger partial charge in [0.2, 0.25) is 0 Å². The van der Waals surface area contributed by atoms with Gasteiger partial charge in [-0.25, -0.2) is 0 Å². The van der Waals surface area contributed by atoms with Crippen molar-refractivity contribution in [2.24, 2.45) is 0 Å². The molecule has 0 amide bonds. The molecule has 2 heteroatoms. The number of Topliss-reactive ketones (excluding diaryl/α,β-unsaturated/α-hetero) is 1. The summed E-state index contributed by atoms with van der Waals surface area (Å²) in [5, 5.41) is 0. The summed E-state index contributed by atoms with van der Waals surface area (Å²) < 4.78 is 0. The zero-order valence-corrected chi connectivity index (χ0v) is 14.2. The van der Waals surface area contributed by atoms with Gasteiger partial charge in [0.15, 0.2) is 0 Å². The molecule has 1 nitrogen and oxygen atoms in total. The highest BCUT2D eigenvalue weighted by Gasteiger charge is 2.12. The van der Waals surface area contributed by atoms with E-state index in [9.17, 15) is 4.79 Å². The van der Waals surface area contributed by atoms with Crippen molar-refractivity contribution in [3.05, 3.63) is 0 Å². The molecule has 0 rings (SSSR count). The molecule has 0 saturated heterocycles. The predicted molar refractivity (Wildman–Crippen MR) is 85.0 cm³/mol. The summed E-state index contributed by atoms with van der Waals surface area (Å²) in [7, 11) is -0.885. The highest BCUT2D eigenvalue weighted by molar-refractivity contribution is 6.76. The topological polar surface area (TPSA) is 17.1 Å². The Morgan fingerprint density at radius 3 is 1.83 bits per heavy atom. The molecule has 0 aromatic heterocycles. The molecule has 0 heterocycles. The third-order valence-corrected chi connectivity index (χ3v) is 5.30. The molecule has 108 valence electrons. The summed E-state index contributed by atoms with van der Waals surface area (Å²) in [4.78, 5) is 11.7. The number of hydrogen-bond acceptors (Lipinski definition) is 1. The lowest BCUT2D eigenvalue weighted by Gasteiger charge is -2.14. The van der Waals surface area contributed by atoms with Gasteiger partial charge in [-0.05, 0) is 12.8 Å². The molecular formula is C16H34OSi. The first kappa shape index (κ1) is 17.9. The van der Waals surface area contributed by atoms with E-state index in [-0.39, 0.29) is 0 Å². The maximum atomic E-state index is 11.7. The van der Waals surface area contributed by atoms with Crippen molar-refractivity contribution >= 4 is 13.9 Å². The van der Waals surface area contributed by atoms with Gasteiger partial charge >= 0.3 is 0 Å². The van der Waals surface area contributed by atoms with Gasteiger partial charge in [0.25, 0.3) is 0 Å². The largest absolute Gasteiger partial charge is 0.300 e. The van der Waals surface area contributed by atoms with Crippen molar-refractivity contribution in [1.29, 1.82) is 0 Å². The van der Waals surface area contributed by atoms with Crippen LogP contribution in [-0.4, -0.2) is 13.9 Å². The summed E-state index contributed by atoms with van der Waals surface area (Å²) in [5.74, 6) is 0.501. The summed E-state index contributed by atoms with van der Waals surface area (Å²) in [5.41, 5.74) is 0. The lowest BCUT2D eigenvalue weighted by molar-refractivity contribution is -0.119. The van der Waals surface area contributed by atoms with Gasteiger partial charge < -0.3 is 0 Å². The van der Waals surface area contributed by atoms with Crippen LogP contribution in [0.4, 0.5) is 0 Å². The van der Waals surface area contributed by atoms with Gasteiger partial charge in [-0.1, -0.05) is 71.1 Å². The number of carbonyl (C=O) groups excluding carboxylic acids is 1. The van der Waals surface area contributed by atoms with Crippen LogP contribution in [0.15, 0.2) is 0 Å². The first-order chi connectivity index (χ1) is 8.45. The fraction of sp³-hybridized carbons (Fsp3) is 0.938. The third kappa shape index (κ3) is 13.9. The normalized spacial score (nSPS) is 11.8. The highest BCUT2D eigenvalue weighted by atomic mass is 28.3. The number of rotatable bonds is 12. The SMILES string of the molecule is CCCCCCCCC(=O)CCCC[Si](C)(C)C. The van der Waals surface area contributed by atoms with E-state index >= 15 is 0 Å². The van der Waals surface area contributed by atoms with Gasteiger partial charge in [0.05, 0.1) is 0 Å². The van der Waals surface area contributed by atoms with Crippen LogP contribution in [0.3, 0.4) is 0 Å². The zero-order chi connectivity index (χ0) is 13.9.